The Morgan fingerprint density at radius 2 is 1.89 bits per heavy atom. The van der Waals surface area contributed by atoms with Gasteiger partial charge in [-0.25, -0.2) is 4.68 Å². The second-order valence-electron chi connectivity index (χ2n) is 6.40. The molecule has 1 aliphatic rings. The summed E-state index contributed by atoms with van der Waals surface area (Å²) in [5.74, 6) is 1.21. The van der Waals surface area contributed by atoms with E-state index in [1.54, 1.807) is 14.0 Å². The van der Waals surface area contributed by atoms with Crippen LogP contribution in [-0.4, -0.2) is 71.0 Å². The van der Waals surface area contributed by atoms with Crippen molar-refractivity contribution in [1.82, 2.24) is 25.1 Å². The van der Waals surface area contributed by atoms with Gasteiger partial charge in [0.1, 0.15) is 12.3 Å². The number of piperazine rings is 1. The zero-order valence-corrected chi connectivity index (χ0v) is 16.0. The Balaban J connectivity index is 1.59. The van der Waals surface area contributed by atoms with Crippen molar-refractivity contribution in [1.29, 1.82) is 0 Å². The van der Waals surface area contributed by atoms with Crippen LogP contribution in [0, 0.1) is 0 Å². The van der Waals surface area contributed by atoms with E-state index >= 15 is 0 Å². The van der Waals surface area contributed by atoms with Crippen LogP contribution in [0.15, 0.2) is 24.3 Å². The minimum absolute atomic E-state index is 0.0208. The van der Waals surface area contributed by atoms with E-state index in [1.165, 1.54) is 10.4 Å². The number of rotatable bonds is 7. The summed E-state index contributed by atoms with van der Waals surface area (Å²) in [5, 5.41) is 11.8. The molecule has 0 N–H and O–H groups in total. The molecule has 146 valence electrons. The van der Waals surface area contributed by atoms with Gasteiger partial charge in [0.25, 0.3) is 0 Å². The summed E-state index contributed by atoms with van der Waals surface area (Å²) < 4.78 is 11.7. The van der Waals surface area contributed by atoms with Crippen LogP contribution >= 0.6 is 0 Å². The number of aromatic nitrogens is 4. The van der Waals surface area contributed by atoms with Gasteiger partial charge in [-0.1, -0.05) is 0 Å². The van der Waals surface area contributed by atoms with E-state index in [9.17, 15) is 4.79 Å². The van der Waals surface area contributed by atoms with Gasteiger partial charge in [-0.3, -0.25) is 9.69 Å². The molecule has 0 radical (unpaired) electrons. The van der Waals surface area contributed by atoms with Crippen molar-refractivity contribution < 1.29 is 14.3 Å². The van der Waals surface area contributed by atoms with E-state index in [0.29, 0.717) is 12.4 Å². The molecule has 27 heavy (non-hydrogen) atoms. The van der Waals surface area contributed by atoms with Crippen molar-refractivity contribution in [3.63, 3.8) is 0 Å². The lowest BCUT2D eigenvalue weighted by Crippen LogP contribution is -2.47. The summed E-state index contributed by atoms with van der Waals surface area (Å²) in [7, 11) is 1.67. The average molecular weight is 374 g/mol. The maximum atomic E-state index is 11.7. The number of methoxy groups -OCH3 is 1. The van der Waals surface area contributed by atoms with E-state index in [-0.39, 0.29) is 18.6 Å². The number of carbonyl (C=O) groups is 1. The summed E-state index contributed by atoms with van der Waals surface area (Å²) in [4.78, 5) is 16.4. The fourth-order valence-corrected chi connectivity index (χ4v) is 3.28. The molecule has 0 aliphatic carbocycles. The normalized spacial score (nSPS) is 16.2. The number of nitrogens with zero attached hydrogens (tertiary/aromatic N) is 6. The zero-order chi connectivity index (χ0) is 19.2. The predicted molar refractivity (Wildman–Crippen MR) is 99.6 cm³/mol. The molecular formula is C18H26N6O3. The number of benzene rings is 1. The summed E-state index contributed by atoms with van der Waals surface area (Å²) in [5.41, 5.74) is 1.19. The highest BCUT2D eigenvalue weighted by Crippen LogP contribution is 2.24. The lowest BCUT2D eigenvalue weighted by Gasteiger charge is -2.38. The highest BCUT2D eigenvalue weighted by atomic mass is 16.5. The summed E-state index contributed by atoms with van der Waals surface area (Å²) in [6, 6.07) is 8.14. The second kappa shape index (κ2) is 8.81. The van der Waals surface area contributed by atoms with Crippen molar-refractivity contribution >= 4 is 11.7 Å². The first-order chi connectivity index (χ1) is 13.1. The lowest BCUT2D eigenvalue weighted by atomic mass is 10.2. The standard InChI is InChI=1S/C18H26N6O3/c1-4-27-17(25)13-24-18(19-20-21-24)14(2)22-9-11-23(12-10-22)15-5-7-16(26-3)8-6-15/h5-8,14H,4,9-13H2,1-3H3/t14-/m0/s1. The molecule has 1 aromatic carbocycles. The van der Waals surface area contributed by atoms with Gasteiger partial charge in [-0.15, -0.1) is 5.10 Å². The van der Waals surface area contributed by atoms with Crippen LogP contribution in [-0.2, 0) is 16.1 Å². The molecule has 0 unspecified atom stereocenters. The highest BCUT2D eigenvalue weighted by Gasteiger charge is 2.26. The third-order valence-corrected chi connectivity index (χ3v) is 4.82. The number of ether oxygens (including phenoxy) is 2. The van der Waals surface area contributed by atoms with E-state index in [0.717, 1.165) is 31.9 Å². The molecule has 1 saturated heterocycles. The zero-order valence-electron chi connectivity index (χ0n) is 16.0. The molecule has 2 aromatic rings. The van der Waals surface area contributed by atoms with E-state index in [2.05, 4.69) is 44.4 Å². The fourth-order valence-electron chi connectivity index (χ4n) is 3.28. The number of esters is 1. The Morgan fingerprint density at radius 3 is 2.52 bits per heavy atom. The number of anilines is 1. The molecule has 9 nitrogen and oxygen atoms in total. The molecule has 0 amide bonds. The third kappa shape index (κ3) is 4.54. The van der Waals surface area contributed by atoms with Crippen LogP contribution in [0.3, 0.4) is 0 Å². The van der Waals surface area contributed by atoms with Gasteiger partial charge >= 0.3 is 5.97 Å². The van der Waals surface area contributed by atoms with E-state index in [1.807, 2.05) is 12.1 Å². The van der Waals surface area contributed by atoms with Crippen molar-refractivity contribution in [2.75, 3.05) is 44.8 Å². The first-order valence-electron chi connectivity index (χ1n) is 9.17. The summed E-state index contributed by atoms with van der Waals surface area (Å²) in [6.45, 7) is 7.83. The molecule has 3 rings (SSSR count). The number of carbonyl (C=O) groups excluding carboxylic acids is 1. The largest absolute Gasteiger partial charge is 0.497 e. The SMILES string of the molecule is CCOC(=O)Cn1nnnc1[C@H](C)N1CCN(c2ccc(OC)cc2)CC1. The van der Waals surface area contributed by atoms with Crippen molar-refractivity contribution in [2.45, 2.75) is 26.4 Å². The first-order valence-corrected chi connectivity index (χ1v) is 9.17. The van der Waals surface area contributed by atoms with Crippen molar-refractivity contribution in [3.05, 3.63) is 30.1 Å². The van der Waals surface area contributed by atoms with Crippen LogP contribution < -0.4 is 9.64 Å². The van der Waals surface area contributed by atoms with Gasteiger partial charge in [0, 0.05) is 31.9 Å². The Labute approximate surface area is 158 Å². The Morgan fingerprint density at radius 1 is 1.19 bits per heavy atom. The van der Waals surface area contributed by atoms with Gasteiger partial charge in [0.15, 0.2) is 5.82 Å². The Hall–Kier alpha value is -2.68. The van der Waals surface area contributed by atoms with Crippen molar-refractivity contribution in [3.8, 4) is 5.75 Å². The van der Waals surface area contributed by atoms with Gasteiger partial charge in [-0.2, -0.15) is 0 Å². The van der Waals surface area contributed by atoms with Crippen LogP contribution in [0.2, 0.25) is 0 Å². The fraction of sp³-hybridized carbons (Fsp3) is 0.556. The van der Waals surface area contributed by atoms with Gasteiger partial charge in [-0.05, 0) is 48.5 Å². The van der Waals surface area contributed by atoms with Crippen LogP contribution in [0.1, 0.15) is 25.7 Å². The summed E-state index contributed by atoms with van der Waals surface area (Å²) in [6.07, 6.45) is 0. The number of hydrogen-bond donors (Lipinski definition) is 0. The quantitative estimate of drug-likeness (QED) is 0.667. The molecule has 1 atom stereocenters. The topological polar surface area (TPSA) is 85.6 Å². The first kappa shape index (κ1) is 19.1. The average Bonchev–Trinajstić information content (AvgIpc) is 3.16. The van der Waals surface area contributed by atoms with Crippen LogP contribution in [0.25, 0.3) is 0 Å². The minimum Gasteiger partial charge on any atom is -0.497 e. The van der Waals surface area contributed by atoms with E-state index in [4.69, 9.17) is 9.47 Å². The van der Waals surface area contributed by atoms with E-state index < -0.39 is 0 Å². The molecule has 1 fully saturated rings. The van der Waals surface area contributed by atoms with Crippen LogP contribution in [0.5, 0.6) is 5.75 Å². The number of tetrazole rings is 1. The van der Waals surface area contributed by atoms with Gasteiger partial charge in [0.2, 0.25) is 0 Å². The van der Waals surface area contributed by atoms with Gasteiger partial charge in [0.05, 0.1) is 19.8 Å². The highest BCUT2D eigenvalue weighted by molar-refractivity contribution is 5.69. The lowest BCUT2D eigenvalue weighted by molar-refractivity contribution is -0.144. The molecule has 1 aromatic heterocycles. The van der Waals surface area contributed by atoms with Crippen molar-refractivity contribution in [2.24, 2.45) is 0 Å². The van der Waals surface area contributed by atoms with Crippen LogP contribution in [0.4, 0.5) is 5.69 Å². The molecule has 9 heteroatoms. The molecular weight excluding hydrogens is 348 g/mol. The molecule has 0 spiro atoms. The smallest absolute Gasteiger partial charge is 0.327 e. The number of hydrogen-bond acceptors (Lipinski definition) is 8. The van der Waals surface area contributed by atoms with Gasteiger partial charge < -0.3 is 14.4 Å². The third-order valence-electron chi connectivity index (χ3n) is 4.82. The molecule has 2 heterocycles. The predicted octanol–water partition coefficient (Wildman–Crippen LogP) is 1.13. The minimum atomic E-state index is -0.331. The Bertz CT molecular complexity index is 740. The monoisotopic (exact) mass is 374 g/mol. The maximum absolute atomic E-state index is 11.7. The Kier molecular flexibility index (Phi) is 6.23. The molecule has 1 aliphatic heterocycles. The molecule has 0 saturated carbocycles. The molecule has 0 bridgehead atoms. The summed E-state index contributed by atoms with van der Waals surface area (Å²) >= 11 is 0. The maximum Gasteiger partial charge on any atom is 0.327 e. The second-order valence-corrected chi connectivity index (χ2v) is 6.40.